The van der Waals surface area contributed by atoms with E-state index in [9.17, 15) is 19.8 Å². The maximum atomic E-state index is 11.4. The Bertz CT molecular complexity index is 1020. The van der Waals surface area contributed by atoms with E-state index in [1.165, 1.54) is 0 Å². The Hall–Kier alpha value is -2.26. The first-order valence-corrected chi connectivity index (χ1v) is 14.0. The van der Waals surface area contributed by atoms with Crippen molar-refractivity contribution in [2.24, 2.45) is 0 Å². The van der Waals surface area contributed by atoms with Gasteiger partial charge in [0.05, 0.1) is 11.1 Å². The second-order valence-electron chi connectivity index (χ2n) is 6.32. The van der Waals surface area contributed by atoms with E-state index in [0.717, 1.165) is 19.6 Å². The summed E-state index contributed by atoms with van der Waals surface area (Å²) in [5, 5.41) is 27.2. The molecule has 0 saturated carbocycles. The molecule has 0 aromatic heterocycles. The molecule has 2 N–H and O–H groups in total. The van der Waals surface area contributed by atoms with Crippen LogP contribution < -0.4 is 0 Å². The Kier molecular flexibility index (Phi) is 6.48. The van der Waals surface area contributed by atoms with Crippen molar-refractivity contribution in [3.63, 3.8) is 0 Å². The molecule has 4 nitrogen and oxygen atoms in total. The smallest absolute Gasteiger partial charge is 0.335 e. The summed E-state index contributed by atoms with van der Waals surface area (Å²) in [5.41, 5.74) is 0.568. The fourth-order valence-electron chi connectivity index (χ4n) is 2.93. The number of benzene rings is 2. The Labute approximate surface area is 187 Å². The maximum Gasteiger partial charge on any atom is 0.335 e. The van der Waals surface area contributed by atoms with Gasteiger partial charge in [0.25, 0.3) is 0 Å². The zero-order valence-electron chi connectivity index (χ0n) is 15.5. The molecule has 0 bridgehead atoms. The predicted molar refractivity (Wildman–Crippen MR) is 130 cm³/mol. The highest BCUT2D eigenvalue weighted by atomic mass is 33.1. The fourth-order valence-corrected chi connectivity index (χ4v) is 9.54. The van der Waals surface area contributed by atoms with Gasteiger partial charge in [-0.3, -0.25) is 0 Å². The summed E-state index contributed by atoms with van der Waals surface area (Å²) in [4.78, 5) is 26.9. The van der Waals surface area contributed by atoms with Crippen LogP contribution >= 0.6 is 43.4 Å². The van der Waals surface area contributed by atoms with Crippen LogP contribution in [0.4, 0.5) is 0 Å². The number of thiol groups is 2. The molecule has 2 aromatic carbocycles. The lowest BCUT2D eigenvalue weighted by molar-refractivity contribution is 0.0685. The third-order valence-electron chi connectivity index (χ3n) is 4.40. The highest BCUT2D eigenvalue weighted by Crippen LogP contribution is 2.53. The molecule has 0 saturated heterocycles. The zero-order valence-corrected chi connectivity index (χ0v) is 18.9. The lowest BCUT2D eigenvalue weighted by atomic mass is 10.2. The molecule has 2 aliphatic rings. The monoisotopic (exact) mass is 474 g/mol. The van der Waals surface area contributed by atoms with Crippen molar-refractivity contribution in [3.05, 3.63) is 93.5 Å². The van der Waals surface area contributed by atoms with Gasteiger partial charge in [0.2, 0.25) is 0 Å². The van der Waals surface area contributed by atoms with Crippen LogP contribution in [0.5, 0.6) is 0 Å². The van der Waals surface area contributed by atoms with Gasteiger partial charge in [-0.25, -0.2) is 9.59 Å². The molecule has 2 heterocycles. The van der Waals surface area contributed by atoms with Crippen molar-refractivity contribution in [2.45, 2.75) is 19.6 Å². The molecule has 8 heteroatoms. The van der Waals surface area contributed by atoms with E-state index < -0.39 is 33.7 Å². The van der Waals surface area contributed by atoms with Gasteiger partial charge in [-0.15, -0.1) is 0 Å². The van der Waals surface area contributed by atoms with Gasteiger partial charge >= 0.3 is 11.9 Å². The minimum atomic E-state index is -0.934. The van der Waals surface area contributed by atoms with Crippen LogP contribution in [0.15, 0.2) is 102 Å². The maximum absolute atomic E-state index is 11.4. The van der Waals surface area contributed by atoms with Crippen LogP contribution in [0.25, 0.3) is 0 Å². The van der Waals surface area contributed by atoms with Crippen LogP contribution in [-0.4, -0.2) is 22.2 Å². The lowest BCUT2D eigenvalue weighted by Gasteiger charge is -2.18. The van der Waals surface area contributed by atoms with Crippen LogP contribution in [0, 0.1) is 0 Å². The third-order valence-corrected chi connectivity index (χ3v) is 11.0. The summed E-state index contributed by atoms with van der Waals surface area (Å²) in [6.45, 7) is 0. The third kappa shape index (κ3) is 4.57. The van der Waals surface area contributed by atoms with Gasteiger partial charge < -0.3 is 10.2 Å². The molecule has 0 spiro atoms. The number of carboxylic acids is 2. The molecule has 0 unspecified atom stereocenters. The Morgan fingerprint density at radius 1 is 0.633 bits per heavy atom. The van der Waals surface area contributed by atoms with E-state index in [-0.39, 0.29) is 11.1 Å². The number of carbonyl (C=O) groups is 2. The number of rotatable bonds is 7. The van der Waals surface area contributed by atoms with Crippen LogP contribution in [0.1, 0.15) is 20.7 Å². The normalized spacial score (nSPS) is 16.5. The van der Waals surface area contributed by atoms with Crippen molar-refractivity contribution in [1.82, 2.24) is 0 Å². The number of hydrogen-bond donors (Lipinski definition) is 4. The number of allylic oxidation sites excluding steroid dienone is 4. The molecule has 0 aliphatic carbocycles. The lowest BCUT2D eigenvalue weighted by Crippen LogP contribution is -1.97. The summed E-state index contributed by atoms with van der Waals surface area (Å²) in [6, 6.07) is 10.5. The van der Waals surface area contributed by atoms with Gasteiger partial charge in [-0.1, -0.05) is 45.9 Å². The molecule has 2 aromatic rings. The van der Waals surface area contributed by atoms with Gasteiger partial charge in [0.15, 0.2) is 0 Å². The SMILES string of the molecule is O=C(O)c1ccc(SSc2ccc(C(=O)O)cc2[SH]2C=CC=C2)c([SH]2C=CC=C2)c1. The molecular formula is C22H18O4S4. The predicted octanol–water partition coefficient (Wildman–Crippen LogP) is 6.68. The van der Waals surface area contributed by atoms with Gasteiger partial charge in [0, 0.05) is 19.6 Å². The number of carboxylic acid groups (broad SMARTS) is 2. The summed E-state index contributed by atoms with van der Waals surface area (Å²) in [6.07, 6.45) is 7.96. The van der Waals surface area contributed by atoms with Crippen molar-refractivity contribution < 1.29 is 19.8 Å². The Morgan fingerprint density at radius 3 is 1.33 bits per heavy atom. The first kappa shape index (κ1) is 21.0. The van der Waals surface area contributed by atoms with Crippen molar-refractivity contribution in [3.8, 4) is 0 Å². The zero-order chi connectivity index (χ0) is 21.1. The quantitative estimate of drug-likeness (QED) is 0.265. The minimum absolute atomic E-state index is 0.284. The van der Waals surface area contributed by atoms with E-state index >= 15 is 0 Å². The van der Waals surface area contributed by atoms with E-state index in [4.69, 9.17) is 0 Å². The largest absolute Gasteiger partial charge is 0.478 e. The molecule has 154 valence electrons. The van der Waals surface area contributed by atoms with Crippen LogP contribution in [-0.2, 0) is 0 Å². The van der Waals surface area contributed by atoms with Crippen molar-refractivity contribution in [1.29, 1.82) is 0 Å². The molecular weight excluding hydrogens is 457 g/mol. The average molecular weight is 475 g/mol. The first-order valence-electron chi connectivity index (χ1n) is 8.89. The van der Waals surface area contributed by atoms with E-state index in [2.05, 4.69) is 21.6 Å². The van der Waals surface area contributed by atoms with Gasteiger partial charge in [0.1, 0.15) is 0 Å². The van der Waals surface area contributed by atoms with Crippen LogP contribution in [0.2, 0.25) is 0 Å². The molecule has 0 radical (unpaired) electrons. The molecule has 0 atom stereocenters. The second-order valence-corrected chi connectivity index (χ2v) is 12.3. The summed E-state index contributed by atoms with van der Waals surface area (Å²) < 4.78 is 0. The summed E-state index contributed by atoms with van der Waals surface area (Å²) >= 11 is 0. The topological polar surface area (TPSA) is 74.6 Å². The molecule has 0 amide bonds. The minimum Gasteiger partial charge on any atom is -0.478 e. The summed E-state index contributed by atoms with van der Waals surface area (Å²) in [5.74, 6) is -1.87. The van der Waals surface area contributed by atoms with Crippen molar-refractivity contribution in [2.75, 3.05) is 0 Å². The standard InChI is InChI=1S/C22H18O4S4/c23-21(24)15-5-7-17(19(13-15)29-9-1-2-10-29)27-28-18-8-6-16(22(25)26)14-20(18)30-11-3-4-12-30/h1-14,29-30H,(H,23,24)(H,25,26). The average Bonchev–Trinajstić information content (AvgIpc) is 3.46. The van der Waals surface area contributed by atoms with Crippen molar-refractivity contribution >= 4 is 55.3 Å². The Balaban J connectivity index is 1.65. The fraction of sp³-hybridized carbons (Fsp3) is 0. The summed E-state index contributed by atoms with van der Waals surface area (Å²) in [7, 11) is 1.83. The highest BCUT2D eigenvalue weighted by Gasteiger charge is 2.17. The van der Waals surface area contributed by atoms with Gasteiger partial charge in [-0.05, 0) is 58.0 Å². The van der Waals surface area contributed by atoms with E-state index in [1.807, 2.05) is 36.4 Å². The Morgan fingerprint density at radius 2 is 1.00 bits per heavy atom. The van der Waals surface area contributed by atoms with Crippen LogP contribution in [0.3, 0.4) is 0 Å². The molecule has 0 fully saturated rings. The second kappa shape index (κ2) is 9.26. The first-order chi connectivity index (χ1) is 14.5. The van der Waals surface area contributed by atoms with E-state index in [1.54, 1.807) is 45.9 Å². The highest BCUT2D eigenvalue weighted by molar-refractivity contribution is 8.76. The number of aromatic carboxylic acids is 2. The van der Waals surface area contributed by atoms with Gasteiger partial charge in [-0.2, -0.15) is 21.8 Å². The molecule has 2 aliphatic heterocycles. The number of hydrogen-bond acceptors (Lipinski definition) is 4. The molecule has 4 rings (SSSR count). The van der Waals surface area contributed by atoms with E-state index in [0.29, 0.717) is 0 Å². The molecule has 30 heavy (non-hydrogen) atoms.